The van der Waals surface area contributed by atoms with Crippen molar-refractivity contribution in [3.8, 4) is 11.3 Å². The molecular weight excluding hydrogens is 538 g/mol. The number of halogens is 5. The number of benzene rings is 2. The van der Waals surface area contributed by atoms with Gasteiger partial charge in [-0.3, -0.25) is 9.69 Å². The number of hydrogen-bond acceptors (Lipinski definition) is 4. The first-order valence-electron chi connectivity index (χ1n) is 12.0. The molecule has 6 nitrogen and oxygen atoms in total. The SMILES string of the molecule is Cc1ccc(-c2cc(C(F)(F)F)n3nc(C(=O)N4CCN(Cc5ccc(Cl)c(Cl)c5)CC4)cc3n2)cc1C. The van der Waals surface area contributed by atoms with Crippen LogP contribution in [0.15, 0.2) is 48.5 Å². The Bertz CT molecular complexity index is 1530. The van der Waals surface area contributed by atoms with Gasteiger partial charge in [0.05, 0.1) is 15.7 Å². The van der Waals surface area contributed by atoms with Crippen molar-refractivity contribution >= 4 is 34.8 Å². The van der Waals surface area contributed by atoms with Crippen molar-refractivity contribution in [3.63, 3.8) is 0 Å². The zero-order valence-corrected chi connectivity index (χ0v) is 22.2. The summed E-state index contributed by atoms with van der Waals surface area (Å²) in [5.41, 5.74) is 2.62. The van der Waals surface area contributed by atoms with E-state index in [0.717, 1.165) is 22.8 Å². The minimum Gasteiger partial charge on any atom is -0.335 e. The van der Waals surface area contributed by atoms with Crippen LogP contribution in [0.3, 0.4) is 0 Å². The first kappa shape index (κ1) is 26.5. The lowest BCUT2D eigenvalue weighted by molar-refractivity contribution is -0.142. The molecule has 1 aliphatic heterocycles. The van der Waals surface area contributed by atoms with Gasteiger partial charge in [-0.15, -0.1) is 0 Å². The fourth-order valence-electron chi connectivity index (χ4n) is 4.50. The molecule has 0 spiro atoms. The molecule has 0 radical (unpaired) electrons. The van der Waals surface area contributed by atoms with Gasteiger partial charge in [0.1, 0.15) is 0 Å². The summed E-state index contributed by atoms with van der Waals surface area (Å²) in [5, 5.41) is 5.00. The first-order chi connectivity index (χ1) is 18.0. The highest BCUT2D eigenvalue weighted by atomic mass is 35.5. The Kier molecular flexibility index (Phi) is 7.11. The normalized spacial score (nSPS) is 14.9. The van der Waals surface area contributed by atoms with Crippen molar-refractivity contribution in [2.24, 2.45) is 0 Å². The molecule has 1 saturated heterocycles. The van der Waals surface area contributed by atoms with Gasteiger partial charge in [-0.1, -0.05) is 41.4 Å². The topological polar surface area (TPSA) is 53.7 Å². The van der Waals surface area contributed by atoms with Crippen molar-refractivity contribution in [2.45, 2.75) is 26.6 Å². The number of piperazine rings is 1. The van der Waals surface area contributed by atoms with Gasteiger partial charge in [-0.2, -0.15) is 18.3 Å². The standard InChI is InChI=1S/C27H24Cl2F3N5O/c1-16-3-5-19(11-17(16)2)22-13-24(27(30,31)32)37-25(33-22)14-23(34-37)26(38)36-9-7-35(8-10-36)15-18-4-6-20(28)21(29)12-18/h3-6,11-14H,7-10,15H2,1-2H3. The number of aromatic nitrogens is 3. The molecule has 0 N–H and O–H groups in total. The quantitative estimate of drug-likeness (QED) is 0.293. The van der Waals surface area contributed by atoms with Crippen molar-refractivity contribution in [1.82, 2.24) is 24.4 Å². The van der Waals surface area contributed by atoms with E-state index in [2.05, 4.69) is 15.0 Å². The van der Waals surface area contributed by atoms with Crippen molar-refractivity contribution < 1.29 is 18.0 Å². The number of carbonyl (C=O) groups excluding carboxylic acids is 1. The second-order valence-electron chi connectivity index (χ2n) is 9.44. The Morgan fingerprint density at radius 3 is 2.32 bits per heavy atom. The van der Waals surface area contributed by atoms with Gasteiger partial charge >= 0.3 is 6.18 Å². The summed E-state index contributed by atoms with van der Waals surface area (Å²) in [6.45, 7) is 6.50. The fourth-order valence-corrected chi connectivity index (χ4v) is 4.82. The largest absolute Gasteiger partial charge is 0.433 e. The van der Waals surface area contributed by atoms with E-state index in [1.807, 2.05) is 32.0 Å². The molecule has 11 heteroatoms. The Hall–Kier alpha value is -3.14. The third-order valence-electron chi connectivity index (χ3n) is 6.79. The van der Waals surface area contributed by atoms with Crippen LogP contribution in [-0.4, -0.2) is 56.5 Å². The average molecular weight is 562 g/mol. The lowest BCUT2D eigenvalue weighted by Crippen LogP contribution is -2.48. The predicted octanol–water partition coefficient (Wildman–Crippen LogP) is 6.30. The maximum atomic E-state index is 14.0. The molecule has 0 aliphatic carbocycles. The second kappa shape index (κ2) is 10.2. The van der Waals surface area contributed by atoms with E-state index < -0.39 is 17.8 Å². The molecule has 0 unspecified atom stereocenters. The van der Waals surface area contributed by atoms with E-state index >= 15 is 0 Å². The maximum absolute atomic E-state index is 14.0. The van der Waals surface area contributed by atoms with Crippen LogP contribution < -0.4 is 0 Å². The number of carbonyl (C=O) groups is 1. The van der Waals surface area contributed by atoms with E-state index in [9.17, 15) is 18.0 Å². The van der Waals surface area contributed by atoms with E-state index in [1.165, 1.54) is 6.07 Å². The second-order valence-corrected chi connectivity index (χ2v) is 10.3. The van der Waals surface area contributed by atoms with Crippen molar-refractivity contribution in [1.29, 1.82) is 0 Å². The predicted molar refractivity (Wildman–Crippen MR) is 141 cm³/mol. The average Bonchev–Trinajstić information content (AvgIpc) is 3.31. The molecule has 0 atom stereocenters. The number of hydrogen-bond donors (Lipinski definition) is 0. The number of nitrogens with zero attached hydrogens (tertiary/aromatic N) is 5. The van der Waals surface area contributed by atoms with Crippen LogP contribution >= 0.6 is 23.2 Å². The van der Waals surface area contributed by atoms with Crippen LogP contribution in [0.1, 0.15) is 32.9 Å². The summed E-state index contributed by atoms with van der Waals surface area (Å²) >= 11 is 12.1. The molecule has 5 rings (SSSR count). The number of amides is 1. The molecule has 0 saturated carbocycles. The van der Waals surface area contributed by atoms with E-state index in [-0.39, 0.29) is 17.0 Å². The summed E-state index contributed by atoms with van der Waals surface area (Å²) in [4.78, 5) is 21.4. The highest BCUT2D eigenvalue weighted by molar-refractivity contribution is 6.42. The van der Waals surface area contributed by atoms with E-state index in [4.69, 9.17) is 23.2 Å². The number of rotatable bonds is 4. The van der Waals surface area contributed by atoms with Crippen LogP contribution in [0.4, 0.5) is 13.2 Å². The Morgan fingerprint density at radius 1 is 0.921 bits per heavy atom. The molecule has 3 heterocycles. The molecule has 2 aromatic heterocycles. The highest BCUT2D eigenvalue weighted by Gasteiger charge is 2.36. The molecule has 1 amide bonds. The summed E-state index contributed by atoms with van der Waals surface area (Å²) < 4.78 is 42.7. The zero-order valence-electron chi connectivity index (χ0n) is 20.7. The van der Waals surface area contributed by atoms with Crippen LogP contribution in [0.25, 0.3) is 16.9 Å². The Labute approximate surface area is 227 Å². The monoisotopic (exact) mass is 561 g/mol. The smallest absolute Gasteiger partial charge is 0.335 e. The number of fused-ring (bicyclic) bond motifs is 1. The maximum Gasteiger partial charge on any atom is 0.433 e. The molecule has 198 valence electrons. The molecule has 2 aromatic carbocycles. The van der Waals surface area contributed by atoms with Crippen LogP contribution in [-0.2, 0) is 12.7 Å². The van der Waals surface area contributed by atoms with Gasteiger partial charge in [0.15, 0.2) is 17.0 Å². The van der Waals surface area contributed by atoms with Gasteiger partial charge in [0.25, 0.3) is 5.91 Å². The fraction of sp³-hybridized carbons (Fsp3) is 0.296. The van der Waals surface area contributed by atoms with Gasteiger partial charge in [-0.05, 0) is 54.8 Å². The van der Waals surface area contributed by atoms with Gasteiger partial charge in [0, 0.05) is 44.4 Å². The molecular formula is C27H24Cl2F3N5O. The van der Waals surface area contributed by atoms with E-state index in [0.29, 0.717) is 52.8 Å². The zero-order chi connectivity index (χ0) is 27.2. The molecule has 1 aliphatic rings. The summed E-state index contributed by atoms with van der Waals surface area (Å²) in [6.07, 6.45) is -4.68. The summed E-state index contributed by atoms with van der Waals surface area (Å²) in [7, 11) is 0. The minimum atomic E-state index is -4.68. The van der Waals surface area contributed by atoms with E-state index in [1.54, 1.807) is 23.1 Å². The lowest BCUT2D eigenvalue weighted by atomic mass is 10.0. The molecule has 1 fully saturated rings. The van der Waals surface area contributed by atoms with Crippen LogP contribution in [0, 0.1) is 13.8 Å². The third-order valence-corrected chi connectivity index (χ3v) is 7.53. The molecule has 4 aromatic rings. The van der Waals surface area contributed by atoms with Gasteiger partial charge < -0.3 is 4.90 Å². The summed E-state index contributed by atoms with van der Waals surface area (Å²) in [6, 6.07) is 13.1. The van der Waals surface area contributed by atoms with Crippen molar-refractivity contribution in [2.75, 3.05) is 26.2 Å². The van der Waals surface area contributed by atoms with Crippen LogP contribution in [0.2, 0.25) is 10.0 Å². The number of alkyl halides is 3. The third kappa shape index (κ3) is 5.36. The first-order valence-corrected chi connectivity index (χ1v) is 12.8. The van der Waals surface area contributed by atoms with Crippen molar-refractivity contribution in [3.05, 3.63) is 86.7 Å². The van der Waals surface area contributed by atoms with Crippen LogP contribution in [0.5, 0.6) is 0 Å². The van der Waals surface area contributed by atoms with Gasteiger partial charge in [-0.25, -0.2) is 9.50 Å². The van der Waals surface area contributed by atoms with Gasteiger partial charge in [0.2, 0.25) is 0 Å². The molecule has 38 heavy (non-hydrogen) atoms. The highest BCUT2D eigenvalue weighted by Crippen LogP contribution is 2.33. The minimum absolute atomic E-state index is 0.0327. The number of aryl methyl sites for hydroxylation is 2. The Balaban J connectivity index is 1.37. The molecule has 0 bridgehead atoms. The lowest BCUT2D eigenvalue weighted by Gasteiger charge is -2.34. The summed E-state index contributed by atoms with van der Waals surface area (Å²) in [5.74, 6) is -0.425. The Morgan fingerprint density at radius 2 is 1.66 bits per heavy atom.